The summed E-state index contributed by atoms with van der Waals surface area (Å²) in [5, 5.41) is 3.40. The van der Waals surface area contributed by atoms with E-state index in [1.807, 2.05) is 30.3 Å². The van der Waals surface area contributed by atoms with Crippen molar-refractivity contribution in [3.63, 3.8) is 0 Å². The molecular formula is C18H18ClN3O2. The molecule has 1 fully saturated rings. The summed E-state index contributed by atoms with van der Waals surface area (Å²) in [7, 11) is 0. The van der Waals surface area contributed by atoms with Gasteiger partial charge in [0.25, 0.3) is 5.91 Å². The largest absolute Gasteiger partial charge is 0.335 e. The van der Waals surface area contributed by atoms with Crippen LogP contribution in [0.3, 0.4) is 0 Å². The molecule has 0 aromatic heterocycles. The van der Waals surface area contributed by atoms with Crippen LogP contribution in [-0.2, 0) is 0 Å². The number of amides is 3. The number of rotatable bonds is 2. The molecule has 2 aromatic carbocycles. The van der Waals surface area contributed by atoms with E-state index in [0.717, 1.165) is 5.69 Å². The van der Waals surface area contributed by atoms with Crippen LogP contribution in [0, 0.1) is 0 Å². The summed E-state index contributed by atoms with van der Waals surface area (Å²) < 4.78 is 0. The van der Waals surface area contributed by atoms with Gasteiger partial charge in [0.1, 0.15) is 0 Å². The van der Waals surface area contributed by atoms with E-state index in [0.29, 0.717) is 36.8 Å². The number of anilines is 1. The van der Waals surface area contributed by atoms with E-state index in [1.165, 1.54) is 0 Å². The van der Waals surface area contributed by atoms with Crippen LogP contribution in [0.5, 0.6) is 0 Å². The van der Waals surface area contributed by atoms with Crippen molar-refractivity contribution in [3.05, 3.63) is 65.2 Å². The molecule has 1 saturated heterocycles. The van der Waals surface area contributed by atoms with Crippen LogP contribution in [-0.4, -0.2) is 47.9 Å². The topological polar surface area (TPSA) is 52.7 Å². The predicted octanol–water partition coefficient (Wildman–Crippen LogP) is 3.33. The quantitative estimate of drug-likeness (QED) is 0.909. The second-order valence-electron chi connectivity index (χ2n) is 5.59. The molecule has 1 heterocycles. The molecule has 1 aliphatic rings. The summed E-state index contributed by atoms with van der Waals surface area (Å²) in [6.45, 7) is 2.02. The molecule has 0 bridgehead atoms. The maximum absolute atomic E-state index is 12.5. The number of para-hydroxylation sites is 1. The first-order chi connectivity index (χ1) is 11.6. The van der Waals surface area contributed by atoms with E-state index >= 15 is 0 Å². The highest BCUT2D eigenvalue weighted by Gasteiger charge is 2.24. The minimum absolute atomic E-state index is 0.0550. The number of benzene rings is 2. The molecule has 0 radical (unpaired) electrons. The number of halogens is 1. The number of carbonyl (C=O) groups is 2. The van der Waals surface area contributed by atoms with Gasteiger partial charge < -0.3 is 15.1 Å². The minimum atomic E-state index is -0.143. The smallest absolute Gasteiger partial charge is 0.321 e. The van der Waals surface area contributed by atoms with Crippen LogP contribution in [0.4, 0.5) is 10.5 Å². The van der Waals surface area contributed by atoms with Crippen molar-refractivity contribution in [2.24, 2.45) is 0 Å². The number of nitrogens with zero attached hydrogens (tertiary/aromatic N) is 2. The highest BCUT2D eigenvalue weighted by atomic mass is 35.5. The number of hydrogen-bond donors (Lipinski definition) is 1. The highest BCUT2D eigenvalue weighted by molar-refractivity contribution is 6.30. The van der Waals surface area contributed by atoms with E-state index < -0.39 is 0 Å². The third-order valence-corrected chi connectivity index (χ3v) is 4.19. The van der Waals surface area contributed by atoms with E-state index in [9.17, 15) is 9.59 Å². The molecule has 3 rings (SSSR count). The molecular weight excluding hydrogens is 326 g/mol. The Morgan fingerprint density at radius 2 is 1.54 bits per heavy atom. The third-order valence-electron chi connectivity index (χ3n) is 3.95. The summed E-state index contributed by atoms with van der Waals surface area (Å²) in [6.07, 6.45) is 0. The molecule has 1 aliphatic heterocycles. The summed E-state index contributed by atoms with van der Waals surface area (Å²) in [6, 6.07) is 16.1. The number of carbonyl (C=O) groups excluding carboxylic acids is 2. The second kappa shape index (κ2) is 7.36. The van der Waals surface area contributed by atoms with E-state index in [2.05, 4.69) is 5.32 Å². The normalized spacial score (nSPS) is 14.4. The average molecular weight is 344 g/mol. The fourth-order valence-electron chi connectivity index (χ4n) is 2.64. The Hall–Kier alpha value is -2.53. The first-order valence-electron chi connectivity index (χ1n) is 7.79. The van der Waals surface area contributed by atoms with Crippen LogP contribution in [0.1, 0.15) is 10.4 Å². The molecule has 124 valence electrons. The van der Waals surface area contributed by atoms with Gasteiger partial charge in [-0.2, -0.15) is 0 Å². The van der Waals surface area contributed by atoms with Crippen LogP contribution >= 0.6 is 11.6 Å². The maximum Gasteiger partial charge on any atom is 0.321 e. The first kappa shape index (κ1) is 16.3. The Morgan fingerprint density at radius 1 is 0.875 bits per heavy atom. The SMILES string of the molecule is O=C(Nc1ccccc1)N1CCN(C(=O)c2cccc(Cl)c2)CC1. The second-order valence-corrected chi connectivity index (χ2v) is 6.02. The Bertz CT molecular complexity index is 728. The summed E-state index contributed by atoms with van der Waals surface area (Å²) in [4.78, 5) is 28.2. The van der Waals surface area contributed by atoms with Crippen LogP contribution < -0.4 is 5.32 Å². The monoisotopic (exact) mass is 343 g/mol. The van der Waals surface area contributed by atoms with Crippen LogP contribution in [0.25, 0.3) is 0 Å². The van der Waals surface area contributed by atoms with Crippen LogP contribution in [0.15, 0.2) is 54.6 Å². The van der Waals surface area contributed by atoms with Crippen molar-refractivity contribution in [1.82, 2.24) is 9.80 Å². The molecule has 0 unspecified atom stereocenters. The third kappa shape index (κ3) is 3.86. The van der Waals surface area contributed by atoms with Gasteiger partial charge in [-0.15, -0.1) is 0 Å². The molecule has 1 N–H and O–H groups in total. The first-order valence-corrected chi connectivity index (χ1v) is 8.17. The molecule has 0 saturated carbocycles. The number of hydrogen-bond acceptors (Lipinski definition) is 2. The summed E-state index contributed by atoms with van der Waals surface area (Å²) in [5.74, 6) is -0.0550. The van der Waals surface area contributed by atoms with Crippen molar-refractivity contribution >= 4 is 29.2 Å². The van der Waals surface area contributed by atoms with Gasteiger partial charge in [-0.05, 0) is 30.3 Å². The molecule has 0 spiro atoms. The fraction of sp³-hybridized carbons (Fsp3) is 0.222. The van der Waals surface area contributed by atoms with Crippen molar-refractivity contribution in [2.75, 3.05) is 31.5 Å². The van der Waals surface area contributed by atoms with Gasteiger partial charge in [0.15, 0.2) is 0 Å². The molecule has 2 aromatic rings. The minimum Gasteiger partial charge on any atom is -0.335 e. The molecule has 0 aliphatic carbocycles. The van der Waals surface area contributed by atoms with Crippen molar-refractivity contribution in [1.29, 1.82) is 0 Å². The average Bonchev–Trinajstić information content (AvgIpc) is 2.62. The molecule has 6 heteroatoms. The van der Waals surface area contributed by atoms with E-state index in [4.69, 9.17) is 11.6 Å². The lowest BCUT2D eigenvalue weighted by Crippen LogP contribution is -2.51. The maximum atomic E-state index is 12.5. The Labute approximate surface area is 145 Å². The number of urea groups is 1. The van der Waals surface area contributed by atoms with E-state index in [1.54, 1.807) is 34.1 Å². The molecule has 3 amide bonds. The van der Waals surface area contributed by atoms with Gasteiger partial charge in [-0.1, -0.05) is 35.9 Å². The van der Waals surface area contributed by atoms with Gasteiger partial charge in [0, 0.05) is 42.5 Å². The Morgan fingerprint density at radius 3 is 2.21 bits per heavy atom. The zero-order chi connectivity index (χ0) is 16.9. The number of piperazine rings is 1. The van der Waals surface area contributed by atoms with E-state index in [-0.39, 0.29) is 11.9 Å². The van der Waals surface area contributed by atoms with Gasteiger partial charge in [-0.3, -0.25) is 4.79 Å². The zero-order valence-electron chi connectivity index (χ0n) is 13.1. The van der Waals surface area contributed by atoms with Gasteiger partial charge in [0.05, 0.1) is 0 Å². The molecule has 24 heavy (non-hydrogen) atoms. The predicted molar refractivity (Wildman–Crippen MR) is 94.4 cm³/mol. The standard InChI is InChI=1S/C18H18ClN3O2/c19-15-6-4-5-14(13-15)17(23)21-9-11-22(12-10-21)18(24)20-16-7-2-1-3-8-16/h1-8,13H,9-12H2,(H,20,24). The van der Waals surface area contributed by atoms with Gasteiger partial charge in [0.2, 0.25) is 0 Å². The summed E-state index contributed by atoms with van der Waals surface area (Å²) in [5.41, 5.74) is 1.34. The fourth-order valence-corrected chi connectivity index (χ4v) is 2.83. The van der Waals surface area contributed by atoms with Gasteiger partial charge in [-0.25, -0.2) is 4.79 Å². The van der Waals surface area contributed by atoms with Crippen molar-refractivity contribution in [3.8, 4) is 0 Å². The lowest BCUT2D eigenvalue weighted by Gasteiger charge is -2.34. The highest BCUT2D eigenvalue weighted by Crippen LogP contribution is 2.15. The van der Waals surface area contributed by atoms with Crippen LogP contribution in [0.2, 0.25) is 5.02 Å². The van der Waals surface area contributed by atoms with Crippen molar-refractivity contribution in [2.45, 2.75) is 0 Å². The molecule has 5 nitrogen and oxygen atoms in total. The Balaban J connectivity index is 1.55. The lowest BCUT2D eigenvalue weighted by molar-refractivity contribution is 0.0671. The number of nitrogens with one attached hydrogen (secondary N) is 1. The Kier molecular flexibility index (Phi) is 5.01. The van der Waals surface area contributed by atoms with Crippen molar-refractivity contribution < 1.29 is 9.59 Å². The van der Waals surface area contributed by atoms with Gasteiger partial charge >= 0.3 is 6.03 Å². The zero-order valence-corrected chi connectivity index (χ0v) is 13.9. The lowest BCUT2D eigenvalue weighted by atomic mass is 10.2. The summed E-state index contributed by atoms with van der Waals surface area (Å²) >= 11 is 5.94. The molecule has 0 atom stereocenters.